The van der Waals surface area contributed by atoms with Crippen LogP contribution in [0.15, 0.2) is 6.07 Å². The number of aliphatic hydroxyl groups excluding tert-OH is 1. The third-order valence-electron chi connectivity index (χ3n) is 6.60. The maximum Gasteiger partial charge on any atom is 0.223 e. The second-order valence-electron chi connectivity index (χ2n) is 8.25. The highest BCUT2D eigenvalue weighted by Gasteiger charge is 2.37. The van der Waals surface area contributed by atoms with Gasteiger partial charge in [-0.25, -0.2) is 0 Å². The van der Waals surface area contributed by atoms with Gasteiger partial charge in [-0.1, -0.05) is 6.92 Å². The Morgan fingerprint density at radius 2 is 2.11 bits per heavy atom. The lowest BCUT2D eigenvalue weighted by Crippen LogP contribution is -3.14. The fourth-order valence-corrected chi connectivity index (χ4v) is 4.74. The number of hydrogen-bond donors (Lipinski definition) is 3. The SMILES string of the molecule is COc1cc(C)c2c(c1C)[C@H](O)[C@H]([C@H](C)C(=O)NCC[NH+]1CCOCC1)CC2. The molecule has 3 rings (SSSR count). The van der Waals surface area contributed by atoms with Crippen molar-refractivity contribution in [1.29, 1.82) is 0 Å². The number of amides is 1. The van der Waals surface area contributed by atoms with Gasteiger partial charge in [0.15, 0.2) is 0 Å². The van der Waals surface area contributed by atoms with E-state index in [-0.39, 0.29) is 17.7 Å². The number of ether oxygens (including phenoxy) is 2. The van der Waals surface area contributed by atoms with Crippen molar-refractivity contribution in [3.05, 3.63) is 28.3 Å². The maximum absolute atomic E-state index is 12.7. The Labute approximate surface area is 168 Å². The minimum atomic E-state index is -0.636. The fourth-order valence-electron chi connectivity index (χ4n) is 4.74. The van der Waals surface area contributed by atoms with Gasteiger partial charge in [0.2, 0.25) is 5.91 Å². The van der Waals surface area contributed by atoms with Crippen LogP contribution in [0.3, 0.4) is 0 Å². The van der Waals surface area contributed by atoms with Gasteiger partial charge in [-0.05, 0) is 55.0 Å². The van der Waals surface area contributed by atoms with E-state index in [1.807, 2.05) is 19.9 Å². The number of aryl methyl sites for hydroxylation is 1. The van der Waals surface area contributed by atoms with E-state index in [1.165, 1.54) is 10.5 Å². The Balaban J connectivity index is 1.64. The summed E-state index contributed by atoms with van der Waals surface area (Å²) in [5.74, 6) is 0.543. The molecular formula is C22H35N2O4+. The molecule has 1 aromatic carbocycles. The molecular weight excluding hydrogens is 356 g/mol. The molecule has 1 fully saturated rings. The van der Waals surface area contributed by atoms with Crippen LogP contribution in [-0.2, 0) is 16.0 Å². The third-order valence-corrected chi connectivity index (χ3v) is 6.60. The largest absolute Gasteiger partial charge is 0.496 e. The Hall–Kier alpha value is -1.63. The molecule has 1 aliphatic carbocycles. The van der Waals surface area contributed by atoms with E-state index in [0.29, 0.717) is 6.54 Å². The van der Waals surface area contributed by atoms with E-state index in [9.17, 15) is 9.90 Å². The predicted octanol–water partition coefficient (Wildman–Crippen LogP) is 0.575. The summed E-state index contributed by atoms with van der Waals surface area (Å²) in [7, 11) is 1.66. The number of aliphatic hydroxyl groups is 1. The van der Waals surface area contributed by atoms with Crippen LogP contribution in [-0.4, -0.2) is 57.5 Å². The van der Waals surface area contributed by atoms with Crippen LogP contribution in [0.5, 0.6) is 5.75 Å². The highest BCUT2D eigenvalue weighted by atomic mass is 16.5. The van der Waals surface area contributed by atoms with E-state index in [0.717, 1.165) is 68.1 Å². The highest BCUT2D eigenvalue weighted by Crippen LogP contribution is 2.43. The smallest absolute Gasteiger partial charge is 0.223 e. The molecule has 6 heteroatoms. The van der Waals surface area contributed by atoms with Crippen LogP contribution in [0.4, 0.5) is 0 Å². The Bertz CT molecular complexity index is 700. The minimum absolute atomic E-state index is 0.0393. The second-order valence-corrected chi connectivity index (χ2v) is 8.25. The maximum atomic E-state index is 12.7. The van der Waals surface area contributed by atoms with Crippen molar-refractivity contribution in [2.24, 2.45) is 11.8 Å². The monoisotopic (exact) mass is 391 g/mol. The number of fused-ring (bicyclic) bond motifs is 1. The summed E-state index contributed by atoms with van der Waals surface area (Å²) in [6, 6.07) is 2.05. The molecule has 0 aromatic heterocycles. The van der Waals surface area contributed by atoms with Crippen molar-refractivity contribution in [2.45, 2.75) is 39.7 Å². The molecule has 0 radical (unpaired) electrons. The van der Waals surface area contributed by atoms with E-state index in [4.69, 9.17) is 9.47 Å². The molecule has 3 atom stereocenters. The predicted molar refractivity (Wildman–Crippen MR) is 108 cm³/mol. The summed E-state index contributed by atoms with van der Waals surface area (Å²) < 4.78 is 10.9. The van der Waals surface area contributed by atoms with Gasteiger partial charge in [0.05, 0.1) is 39.5 Å². The van der Waals surface area contributed by atoms with Crippen LogP contribution >= 0.6 is 0 Å². The molecule has 6 nitrogen and oxygen atoms in total. The standard InChI is InChI=1S/C22H34N2O4/c1-14-13-19(27-4)16(3)20-17(14)5-6-18(21(20)25)15(2)22(26)23-7-8-24-9-11-28-12-10-24/h13,15,18,21,25H,5-12H2,1-4H3,(H,23,26)/p+1/t15-,18-,21+/m0/s1. The second kappa shape index (κ2) is 9.25. The molecule has 3 N–H and O–H groups in total. The molecule has 1 aliphatic heterocycles. The van der Waals surface area contributed by atoms with E-state index in [2.05, 4.69) is 12.2 Å². The van der Waals surface area contributed by atoms with E-state index >= 15 is 0 Å². The number of carbonyl (C=O) groups is 1. The number of nitrogens with one attached hydrogen (secondary N) is 2. The molecule has 1 aromatic rings. The van der Waals surface area contributed by atoms with Crippen LogP contribution < -0.4 is 15.0 Å². The average molecular weight is 392 g/mol. The van der Waals surface area contributed by atoms with Crippen molar-refractivity contribution in [3.63, 3.8) is 0 Å². The summed E-state index contributed by atoms with van der Waals surface area (Å²) in [5.41, 5.74) is 4.32. The normalized spacial score (nSPS) is 23.8. The number of hydrogen-bond acceptors (Lipinski definition) is 4. The van der Waals surface area contributed by atoms with Crippen molar-refractivity contribution in [2.75, 3.05) is 46.5 Å². The van der Waals surface area contributed by atoms with Gasteiger partial charge < -0.3 is 24.8 Å². The van der Waals surface area contributed by atoms with Gasteiger partial charge in [0.25, 0.3) is 0 Å². The number of morpholine rings is 1. The van der Waals surface area contributed by atoms with Crippen molar-refractivity contribution in [3.8, 4) is 5.75 Å². The van der Waals surface area contributed by atoms with Gasteiger partial charge in [-0.2, -0.15) is 0 Å². The molecule has 28 heavy (non-hydrogen) atoms. The van der Waals surface area contributed by atoms with Crippen molar-refractivity contribution >= 4 is 5.91 Å². The van der Waals surface area contributed by atoms with Gasteiger partial charge in [0, 0.05) is 11.8 Å². The zero-order chi connectivity index (χ0) is 20.3. The average Bonchev–Trinajstić information content (AvgIpc) is 2.70. The third kappa shape index (κ3) is 4.34. The molecule has 1 amide bonds. The van der Waals surface area contributed by atoms with Crippen LogP contribution in [0.1, 0.15) is 41.7 Å². The molecule has 0 spiro atoms. The van der Waals surface area contributed by atoms with Crippen LogP contribution in [0.25, 0.3) is 0 Å². The lowest BCUT2D eigenvalue weighted by molar-refractivity contribution is -0.906. The molecule has 156 valence electrons. The first-order valence-corrected chi connectivity index (χ1v) is 10.5. The Morgan fingerprint density at radius 3 is 2.79 bits per heavy atom. The molecule has 0 bridgehead atoms. The van der Waals surface area contributed by atoms with Gasteiger partial charge in [0.1, 0.15) is 18.8 Å². The topological polar surface area (TPSA) is 72.2 Å². The van der Waals surface area contributed by atoms with Crippen LogP contribution in [0.2, 0.25) is 0 Å². The lowest BCUT2D eigenvalue weighted by atomic mass is 9.72. The van der Waals surface area contributed by atoms with Gasteiger partial charge >= 0.3 is 0 Å². The molecule has 0 saturated carbocycles. The first-order chi connectivity index (χ1) is 13.4. The summed E-state index contributed by atoms with van der Waals surface area (Å²) in [6.07, 6.45) is 1.08. The van der Waals surface area contributed by atoms with Crippen LogP contribution in [0, 0.1) is 25.7 Å². The number of methoxy groups -OCH3 is 1. The summed E-state index contributed by atoms with van der Waals surface area (Å²) in [4.78, 5) is 14.2. The molecule has 1 saturated heterocycles. The minimum Gasteiger partial charge on any atom is -0.496 e. The summed E-state index contributed by atoms with van der Waals surface area (Å²) in [5, 5.41) is 14.2. The first-order valence-electron chi connectivity index (χ1n) is 10.5. The molecule has 2 aliphatic rings. The quantitative estimate of drug-likeness (QED) is 0.663. The summed E-state index contributed by atoms with van der Waals surface area (Å²) >= 11 is 0. The Kier molecular flexibility index (Phi) is 6.96. The summed E-state index contributed by atoms with van der Waals surface area (Å²) in [6.45, 7) is 11.2. The number of rotatable bonds is 6. The number of carbonyl (C=O) groups excluding carboxylic acids is 1. The zero-order valence-electron chi connectivity index (χ0n) is 17.6. The van der Waals surface area contributed by atoms with E-state index < -0.39 is 6.10 Å². The van der Waals surface area contributed by atoms with E-state index in [1.54, 1.807) is 7.11 Å². The van der Waals surface area contributed by atoms with Crippen molar-refractivity contribution in [1.82, 2.24) is 5.32 Å². The molecule has 1 heterocycles. The number of benzene rings is 1. The van der Waals surface area contributed by atoms with Crippen molar-refractivity contribution < 1.29 is 24.3 Å². The van der Waals surface area contributed by atoms with Gasteiger partial charge in [-0.3, -0.25) is 4.79 Å². The molecule has 0 unspecified atom stereocenters. The first kappa shape index (κ1) is 21.1. The highest BCUT2D eigenvalue weighted by molar-refractivity contribution is 5.78. The lowest BCUT2D eigenvalue weighted by Gasteiger charge is -2.36. The zero-order valence-corrected chi connectivity index (χ0v) is 17.6. The van der Waals surface area contributed by atoms with Gasteiger partial charge in [-0.15, -0.1) is 0 Å². The Morgan fingerprint density at radius 1 is 1.39 bits per heavy atom. The fraction of sp³-hybridized carbons (Fsp3) is 0.682. The number of quaternary nitrogens is 1.